The van der Waals surface area contributed by atoms with E-state index in [1.165, 1.54) is 25.7 Å². The average Bonchev–Trinajstić information content (AvgIpc) is 0.794. The maximum Gasteiger partial charge on any atom is 0.249 e. The molecule has 0 aliphatic carbocycles. The molecule has 0 radical (unpaired) electrons. The molecule has 0 amide bonds. The molecule has 0 atom stereocenters. The van der Waals surface area contributed by atoms with E-state index in [1.54, 1.807) is 0 Å². The lowest BCUT2D eigenvalue weighted by Crippen LogP contribution is -2.43. The summed E-state index contributed by atoms with van der Waals surface area (Å²) < 4.78 is 0. The predicted molar refractivity (Wildman–Crippen MR) is 513 cm³/mol. The highest BCUT2D eigenvalue weighted by atomic mass is 16.2. The number of unbranched alkanes of at least 4 members (excludes halogenated alkanes) is 6. The van der Waals surface area contributed by atoms with Gasteiger partial charge in [-0.2, -0.15) is 0 Å². The van der Waals surface area contributed by atoms with Crippen LogP contribution < -0.4 is 97.0 Å². The summed E-state index contributed by atoms with van der Waals surface area (Å²) in [5.41, 5.74) is 1.70. The fraction of sp³-hybridized carbons (Fsp3) is 0.750. The zero-order chi connectivity index (χ0) is 92.0. The quantitative estimate of drug-likeness (QED) is 0.0153. The Labute approximate surface area is 722 Å². The average molecular weight is 1680 g/mol. The monoisotopic (exact) mass is 1680 g/mol. The predicted octanol–water partition coefficient (Wildman–Crippen LogP) is 12.7. The summed E-state index contributed by atoms with van der Waals surface area (Å²) in [7, 11) is 8.32. The number of nitrogens with zero attached hydrogens (tertiary/aromatic N) is 6. The summed E-state index contributed by atoms with van der Waals surface area (Å²) in [4.78, 5) is 153. The fourth-order valence-electron chi connectivity index (χ4n) is 14.8. The molecule has 120 heavy (non-hydrogen) atoms. The molecule has 684 valence electrons. The Balaban J connectivity index is 0.000000721. The van der Waals surface area contributed by atoms with Crippen LogP contribution in [0.1, 0.15) is 316 Å². The van der Waals surface area contributed by atoms with E-state index in [0.717, 1.165) is 208 Å². The summed E-state index contributed by atoms with van der Waals surface area (Å²) in [6.07, 6.45) is 17.4. The van der Waals surface area contributed by atoms with Crippen LogP contribution in [0.3, 0.4) is 0 Å². The molecule has 0 aliphatic heterocycles. The first-order valence-electron chi connectivity index (χ1n) is 45.4. The summed E-state index contributed by atoms with van der Waals surface area (Å²) in [5, 5.41) is 18.9. The molecule has 24 nitrogen and oxygen atoms in total. The van der Waals surface area contributed by atoms with E-state index in [9.17, 15) is 57.5 Å². The zero-order valence-corrected chi connectivity index (χ0v) is 81.0. The molecule has 0 spiro atoms. The third-order valence-electron chi connectivity index (χ3n) is 21.5. The van der Waals surface area contributed by atoms with Crippen molar-refractivity contribution in [2.24, 2.45) is 0 Å². The van der Waals surface area contributed by atoms with E-state index in [1.807, 2.05) is 139 Å². The largest absolute Gasteiger partial charge is 0.381 e. The topological polar surface area (TPSA) is 296 Å². The molecule has 0 aromatic heterocycles. The van der Waals surface area contributed by atoms with E-state index in [0.29, 0.717) is 67.5 Å². The fourth-order valence-corrected chi connectivity index (χ4v) is 14.8. The number of rotatable bonds is 48. The van der Waals surface area contributed by atoms with Gasteiger partial charge in [-0.05, 0) is 255 Å². The molecule has 0 saturated heterocycles. The Morgan fingerprint density at radius 1 is 0.200 bits per heavy atom. The maximum absolute atomic E-state index is 11.7. The van der Waals surface area contributed by atoms with Crippen molar-refractivity contribution in [3.8, 4) is 0 Å². The maximum atomic E-state index is 11.7. The van der Waals surface area contributed by atoms with Gasteiger partial charge in [-0.25, -0.2) is 0 Å². The van der Waals surface area contributed by atoms with Crippen molar-refractivity contribution in [3.05, 3.63) is 156 Å². The van der Waals surface area contributed by atoms with Gasteiger partial charge in [-0.15, -0.1) is 0 Å². The normalized spacial score (nSPS) is 12.3. The van der Waals surface area contributed by atoms with Crippen molar-refractivity contribution in [3.63, 3.8) is 0 Å². The van der Waals surface area contributed by atoms with Crippen molar-refractivity contribution in [2.45, 2.75) is 315 Å². The molecular weight excluding hydrogens is 1510 g/mol. The Kier molecular flexibility index (Phi) is 49.3. The Morgan fingerprint density at radius 2 is 0.392 bits per heavy atom. The van der Waals surface area contributed by atoms with Crippen LogP contribution in [0.25, 0.3) is 0 Å². The van der Waals surface area contributed by atoms with Crippen LogP contribution in [0.15, 0.2) is 57.5 Å². The summed E-state index contributed by atoms with van der Waals surface area (Å²) in [6.45, 7) is 72.8. The first-order chi connectivity index (χ1) is 55.8. The van der Waals surface area contributed by atoms with E-state index in [-0.39, 0.29) is 97.6 Å². The molecular formula is C96H168N12O12. The molecule has 6 aromatic rings. The number of hydrogen-bond acceptors (Lipinski definition) is 24. The highest BCUT2D eigenvalue weighted by Crippen LogP contribution is 2.31. The molecule has 24 heteroatoms. The van der Waals surface area contributed by atoms with E-state index < -0.39 is 0 Å². The van der Waals surface area contributed by atoms with Crippen LogP contribution in [-0.2, 0) is 32.5 Å². The first-order valence-corrected chi connectivity index (χ1v) is 45.4. The SMILES string of the molecule is CCCN(C)CCCCNc1c(C(C)(C)C)c(=O)c1=O.CCCN(CC)CCCCNc1c(C(C)(C)C)c(=O)c1=O.CCCN(CCC)CCCCNc1c(C(C)(C)C)c(=O)c1=O.CCN(C)CCCCNc1c(C(C)(C)C)c(=O)c1=O.CCN(CC)CCCCNc1c(C(C)(C)C)c(=O)c1=O.CN(C)CCCCNc1c(C(C)(C)C)c(=O)c1=O. The first kappa shape index (κ1) is 111. The van der Waals surface area contributed by atoms with Gasteiger partial charge in [0.1, 0.15) is 0 Å². The summed E-state index contributed by atoms with van der Waals surface area (Å²) >= 11 is 0. The molecule has 0 saturated carbocycles. The molecule has 0 bridgehead atoms. The van der Waals surface area contributed by atoms with Crippen LogP contribution in [0.5, 0.6) is 0 Å². The Bertz CT molecular complexity index is 4390. The van der Waals surface area contributed by atoms with Gasteiger partial charge in [-0.3, -0.25) is 57.5 Å². The van der Waals surface area contributed by atoms with E-state index >= 15 is 0 Å². The molecule has 0 aliphatic rings. The van der Waals surface area contributed by atoms with Crippen LogP contribution >= 0.6 is 0 Å². The second-order valence-corrected chi connectivity index (χ2v) is 39.1. The highest BCUT2D eigenvalue weighted by Gasteiger charge is 2.35. The third kappa shape index (κ3) is 36.1. The van der Waals surface area contributed by atoms with Crippen molar-refractivity contribution in [1.82, 2.24) is 29.4 Å². The van der Waals surface area contributed by atoms with Crippen LogP contribution in [0.2, 0.25) is 0 Å². The number of hydrogen-bond donors (Lipinski definition) is 6. The van der Waals surface area contributed by atoms with Crippen LogP contribution in [0.4, 0.5) is 34.1 Å². The minimum atomic E-state index is -0.354. The number of nitrogens with one attached hydrogen (secondary N) is 6. The highest BCUT2D eigenvalue weighted by molar-refractivity contribution is 5.63. The molecule has 6 N–H and O–H groups in total. The summed E-state index contributed by atoms with van der Waals surface area (Å²) in [5.74, 6) is 0. The van der Waals surface area contributed by atoms with Crippen molar-refractivity contribution < 1.29 is 0 Å². The molecule has 6 rings (SSSR count). The van der Waals surface area contributed by atoms with Crippen molar-refractivity contribution in [1.29, 1.82) is 0 Å². The van der Waals surface area contributed by atoms with Gasteiger partial charge in [0.05, 0.1) is 34.1 Å². The van der Waals surface area contributed by atoms with E-state index in [2.05, 4.69) is 131 Å². The van der Waals surface area contributed by atoms with Gasteiger partial charge in [-0.1, -0.05) is 180 Å². The van der Waals surface area contributed by atoms with E-state index in [4.69, 9.17) is 0 Å². The second kappa shape index (κ2) is 53.3. The molecule has 6 aromatic carbocycles. The van der Waals surface area contributed by atoms with Gasteiger partial charge < -0.3 is 61.3 Å². The lowest BCUT2D eigenvalue weighted by atomic mass is 9.82. The second-order valence-electron chi connectivity index (χ2n) is 39.1. The molecule has 0 unspecified atom stereocenters. The smallest absolute Gasteiger partial charge is 0.249 e. The minimum absolute atomic E-state index is 0.253. The zero-order valence-electron chi connectivity index (χ0n) is 81.0. The third-order valence-corrected chi connectivity index (χ3v) is 21.5. The Morgan fingerprint density at radius 3 is 0.592 bits per heavy atom. The molecule has 0 heterocycles. The standard InChI is InChI=1S/C18H32N2O2.C17H30N2O2.2C16H28N2O2.C15H26N2O2.C14H24N2O2/c1-6-11-20(12-7-2)13-9-8-10-19-15-14(18(3,4)5)16(21)17(15)22;1-6-11-19(7-2)12-9-8-10-18-14-13(17(3,4)5)15(20)16(14)21;1-6-10-18(5)11-8-7-9-17-13-12(16(2,3)4)14(19)15(13)20;1-6-18(7-2)11-9-8-10-17-13-12(16(3,4)5)14(19)15(13)20;1-6-17(5)10-8-7-9-16-12-11(15(2,3)4)13(18)14(12)19;1-14(2,3)10-11(13(18)12(10)17)15-8-6-7-9-16(4)5/h19H,6-13H2,1-5H3;18H,6-12H2,1-5H3;2*17H,6-11H2,1-5H3;16H,6-10H2,1-5H3;15H,6-9H2,1-5H3. The molecule has 0 fully saturated rings. The lowest BCUT2D eigenvalue weighted by Gasteiger charge is -2.24. The summed E-state index contributed by atoms with van der Waals surface area (Å²) in [6, 6.07) is 0. The number of anilines is 6. The van der Waals surface area contributed by atoms with Crippen molar-refractivity contribution in [2.75, 3.05) is 191 Å². The van der Waals surface area contributed by atoms with Crippen molar-refractivity contribution >= 4 is 34.1 Å². The van der Waals surface area contributed by atoms with Gasteiger partial charge in [0, 0.05) is 72.6 Å². The lowest BCUT2D eigenvalue weighted by molar-refractivity contribution is 0.270. The van der Waals surface area contributed by atoms with Gasteiger partial charge in [0.25, 0.3) is 0 Å². The van der Waals surface area contributed by atoms with Crippen LogP contribution in [-0.4, -0.2) is 188 Å². The van der Waals surface area contributed by atoms with Gasteiger partial charge in [0.15, 0.2) is 0 Å². The van der Waals surface area contributed by atoms with Gasteiger partial charge in [0.2, 0.25) is 65.1 Å². The van der Waals surface area contributed by atoms with Gasteiger partial charge >= 0.3 is 0 Å². The Hall–Kier alpha value is -6.96. The van der Waals surface area contributed by atoms with Crippen LogP contribution in [0, 0.1) is 0 Å². The minimum Gasteiger partial charge on any atom is -0.381 e.